The number of likely N-dealkylation sites (N-methyl/N-ethyl adjacent to an activating group) is 1. The maximum Gasteiger partial charge on any atom is 0.343 e. The second kappa shape index (κ2) is 8.91. The molecule has 30 heavy (non-hydrogen) atoms. The number of aromatic nitrogens is 2. The van der Waals surface area contributed by atoms with Gasteiger partial charge in [0.1, 0.15) is 17.1 Å². The number of nitro benzene ring substituents is 1. The molecule has 0 bridgehead atoms. The highest BCUT2D eigenvalue weighted by Gasteiger charge is 2.25. The minimum absolute atomic E-state index is 0.107. The smallest absolute Gasteiger partial charge is 0.343 e. The van der Waals surface area contributed by atoms with E-state index in [1.807, 2.05) is 11.9 Å². The number of hydrogen-bond acceptors (Lipinski definition) is 8. The van der Waals surface area contributed by atoms with Crippen LogP contribution >= 0.6 is 0 Å². The number of nitro groups is 1. The fourth-order valence-corrected chi connectivity index (χ4v) is 3.25. The molecule has 0 spiro atoms. The number of amides is 1. The van der Waals surface area contributed by atoms with Crippen LogP contribution in [0.3, 0.4) is 0 Å². The van der Waals surface area contributed by atoms with Crippen LogP contribution in [0, 0.1) is 10.1 Å². The summed E-state index contributed by atoms with van der Waals surface area (Å²) in [6.45, 7) is 4.79. The van der Waals surface area contributed by atoms with E-state index in [0.717, 1.165) is 13.1 Å². The Morgan fingerprint density at radius 2 is 1.93 bits per heavy atom. The van der Waals surface area contributed by atoms with Crippen molar-refractivity contribution >= 4 is 29.1 Å². The van der Waals surface area contributed by atoms with Gasteiger partial charge >= 0.3 is 5.97 Å². The van der Waals surface area contributed by atoms with Crippen LogP contribution in [-0.4, -0.2) is 71.3 Å². The SMILES string of the molecule is CCOC(=O)c1cnn(C)c1NC(=O)c1ccc(N2CCN(C)CC2)c([N+](=O)[O-])c1. The molecule has 11 nitrogen and oxygen atoms in total. The summed E-state index contributed by atoms with van der Waals surface area (Å²) in [6.07, 6.45) is 1.30. The van der Waals surface area contributed by atoms with Crippen LogP contribution in [0.15, 0.2) is 24.4 Å². The lowest BCUT2D eigenvalue weighted by molar-refractivity contribution is -0.384. The Bertz CT molecular complexity index is 964. The normalized spacial score (nSPS) is 14.4. The summed E-state index contributed by atoms with van der Waals surface area (Å²) in [7, 11) is 3.57. The van der Waals surface area contributed by atoms with Gasteiger partial charge in [-0.05, 0) is 26.1 Å². The zero-order chi connectivity index (χ0) is 21.8. The molecule has 2 aromatic rings. The fourth-order valence-electron chi connectivity index (χ4n) is 3.25. The van der Waals surface area contributed by atoms with Crippen molar-refractivity contribution in [3.8, 4) is 0 Å². The van der Waals surface area contributed by atoms with Crippen molar-refractivity contribution in [2.75, 3.05) is 50.1 Å². The Morgan fingerprint density at radius 3 is 2.57 bits per heavy atom. The molecule has 0 saturated carbocycles. The van der Waals surface area contributed by atoms with Crippen molar-refractivity contribution in [2.24, 2.45) is 7.05 Å². The lowest BCUT2D eigenvalue weighted by Crippen LogP contribution is -2.44. The summed E-state index contributed by atoms with van der Waals surface area (Å²) in [5, 5.41) is 18.2. The number of benzene rings is 1. The minimum Gasteiger partial charge on any atom is -0.462 e. The minimum atomic E-state index is -0.614. The van der Waals surface area contributed by atoms with Gasteiger partial charge in [0.25, 0.3) is 11.6 Å². The number of nitrogens with one attached hydrogen (secondary N) is 1. The summed E-state index contributed by atoms with van der Waals surface area (Å²) in [4.78, 5) is 40.1. The van der Waals surface area contributed by atoms with Gasteiger partial charge in [0, 0.05) is 44.9 Å². The van der Waals surface area contributed by atoms with E-state index in [1.54, 1.807) is 20.0 Å². The number of carbonyl (C=O) groups excluding carboxylic acids is 2. The number of esters is 1. The summed E-state index contributed by atoms with van der Waals surface area (Å²) in [6, 6.07) is 4.38. The van der Waals surface area contributed by atoms with Gasteiger partial charge in [-0.15, -0.1) is 0 Å². The Balaban J connectivity index is 1.85. The van der Waals surface area contributed by atoms with E-state index < -0.39 is 16.8 Å². The van der Waals surface area contributed by atoms with Crippen LogP contribution in [0.1, 0.15) is 27.6 Å². The van der Waals surface area contributed by atoms with Crippen molar-refractivity contribution in [1.82, 2.24) is 14.7 Å². The van der Waals surface area contributed by atoms with E-state index in [9.17, 15) is 19.7 Å². The number of nitrogens with zero attached hydrogens (tertiary/aromatic N) is 5. The highest BCUT2D eigenvalue weighted by atomic mass is 16.6. The van der Waals surface area contributed by atoms with E-state index in [2.05, 4.69) is 15.3 Å². The third-order valence-corrected chi connectivity index (χ3v) is 4.94. The van der Waals surface area contributed by atoms with Crippen LogP contribution in [0.25, 0.3) is 0 Å². The Labute approximate surface area is 173 Å². The molecule has 3 rings (SSSR count). The highest BCUT2D eigenvalue weighted by molar-refractivity contribution is 6.07. The van der Waals surface area contributed by atoms with Crippen molar-refractivity contribution < 1.29 is 19.2 Å². The van der Waals surface area contributed by atoms with Gasteiger partial charge in [-0.2, -0.15) is 5.10 Å². The van der Waals surface area contributed by atoms with Crippen molar-refractivity contribution in [3.63, 3.8) is 0 Å². The highest BCUT2D eigenvalue weighted by Crippen LogP contribution is 2.30. The van der Waals surface area contributed by atoms with Gasteiger partial charge in [-0.25, -0.2) is 4.79 Å². The quantitative estimate of drug-likeness (QED) is 0.427. The molecule has 1 saturated heterocycles. The molecule has 1 aliphatic rings. The van der Waals surface area contributed by atoms with E-state index in [1.165, 1.54) is 23.0 Å². The van der Waals surface area contributed by atoms with Gasteiger partial charge in [-0.3, -0.25) is 19.6 Å². The second-order valence-electron chi connectivity index (χ2n) is 6.96. The molecule has 1 fully saturated rings. The number of rotatable bonds is 6. The topological polar surface area (TPSA) is 123 Å². The molecule has 1 aromatic heterocycles. The first-order valence-electron chi connectivity index (χ1n) is 9.54. The molecule has 11 heteroatoms. The number of hydrogen-bond donors (Lipinski definition) is 1. The molecule has 0 unspecified atom stereocenters. The average molecular weight is 416 g/mol. The summed E-state index contributed by atoms with van der Waals surface area (Å²) in [5.74, 6) is -1.04. The second-order valence-corrected chi connectivity index (χ2v) is 6.96. The predicted octanol–water partition coefficient (Wildman–Crippen LogP) is 1.51. The molecule has 0 aliphatic carbocycles. The summed E-state index contributed by atoms with van der Waals surface area (Å²) in [5.41, 5.74) is 0.562. The van der Waals surface area contributed by atoms with Crippen molar-refractivity contribution in [3.05, 3.63) is 45.6 Å². The molecule has 0 atom stereocenters. The van der Waals surface area contributed by atoms with E-state index in [-0.39, 0.29) is 29.2 Å². The van der Waals surface area contributed by atoms with Gasteiger partial charge in [-0.1, -0.05) is 0 Å². The Kier molecular flexibility index (Phi) is 6.31. The molecule has 1 aliphatic heterocycles. The third kappa shape index (κ3) is 4.40. The van der Waals surface area contributed by atoms with Crippen molar-refractivity contribution in [2.45, 2.75) is 6.92 Å². The average Bonchev–Trinajstić information content (AvgIpc) is 3.08. The third-order valence-electron chi connectivity index (χ3n) is 4.94. The lowest BCUT2D eigenvalue weighted by Gasteiger charge is -2.33. The van der Waals surface area contributed by atoms with Crippen LogP contribution < -0.4 is 10.2 Å². The maximum atomic E-state index is 12.8. The zero-order valence-corrected chi connectivity index (χ0v) is 17.1. The maximum absolute atomic E-state index is 12.8. The van der Waals surface area contributed by atoms with Crippen LogP contribution in [0.2, 0.25) is 0 Å². The number of carbonyl (C=O) groups is 2. The number of anilines is 2. The standard InChI is InChI=1S/C19H24N6O5/c1-4-30-19(27)14-12-20-23(3)17(14)21-18(26)13-5-6-15(16(11-13)25(28)29)24-9-7-22(2)8-10-24/h5-6,11-12H,4,7-10H2,1-3H3,(H,21,26). The molecule has 1 amide bonds. The van der Waals surface area contributed by atoms with E-state index in [0.29, 0.717) is 18.8 Å². The molecular formula is C19H24N6O5. The number of piperazine rings is 1. The first kappa shape index (κ1) is 21.2. The van der Waals surface area contributed by atoms with Gasteiger partial charge in [0.15, 0.2) is 0 Å². The number of aryl methyl sites for hydroxylation is 1. The Hall–Kier alpha value is -3.47. The van der Waals surface area contributed by atoms with E-state index >= 15 is 0 Å². The summed E-state index contributed by atoms with van der Waals surface area (Å²) < 4.78 is 6.30. The van der Waals surface area contributed by atoms with E-state index in [4.69, 9.17) is 4.74 Å². The monoisotopic (exact) mass is 416 g/mol. The molecule has 2 heterocycles. The molecule has 160 valence electrons. The van der Waals surface area contributed by atoms with Gasteiger partial charge in [0.05, 0.1) is 17.7 Å². The lowest BCUT2D eigenvalue weighted by atomic mass is 10.1. The molecule has 1 N–H and O–H groups in total. The first-order valence-corrected chi connectivity index (χ1v) is 9.54. The summed E-state index contributed by atoms with van der Waals surface area (Å²) >= 11 is 0. The molecule has 1 aromatic carbocycles. The largest absolute Gasteiger partial charge is 0.462 e. The fraction of sp³-hybridized carbons (Fsp3) is 0.421. The Morgan fingerprint density at radius 1 is 1.23 bits per heavy atom. The zero-order valence-electron chi connectivity index (χ0n) is 17.1. The van der Waals surface area contributed by atoms with Crippen LogP contribution in [0.4, 0.5) is 17.2 Å². The van der Waals surface area contributed by atoms with Gasteiger partial charge < -0.3 is 19.9 Å². The number of ether oxygens (including phenoxy) is 1. The van der Waals surface area contributed by atoms with Gasteiger partial charge in [0.2, 0.25) is 0 Å². The first-order chi connectivity index (χ1) is 14.3. The van der Waals surface area contributed by atoms with Crippen LogP contribution in [-0.2, 0) is 11.8 Å². The van der Waals surface area contributed by atoms with Crippen molar-refractivity contribution in [1.29, 1.82) is 0 Å². The molecule has 0 radical (unpaired) electrons. The molecular weight excluding hydrogens is 392 g/mol. The predicted molar refractivity (Wildman–Crippen MR) is 110 cm³/mol. The van der Waals surface area contributed by atoms with Crippen LogP contribution in [0.5, 0.6) is 0 Å².